The lowest BCUT2D eigenvalue weighted by Crippen LogP contribution is -1.91. The molecule has 2 heteroatoms. The standard InChI is InChI=1S/C22H32O2.CH4/c1-2-3-4-5-6-7-8-9-10-11-12-13-14-15-16-17-18-19-20-21-22(23)24;/h3-4,6-7,9-10,12-13,15-16,18-19H,2,5,8,11,14,17,20-21H2,1H3,(H,23,24);1H4/b4-3-,7-6-,10-9-,13-12-,16-15-,19-18-;. The van der Waals surface area contributed by atoms with Gasteiger partial charge < -0.3 is 5.11 Å². The van der Waals surface area contributed by atoms with Crippen LogP contribution in [-0.2, 0) is 4.79 Å². The molecule has 0 aliphatic carbocycles. The first-order valence-electron chi connectivity index (χ1n) is 8.89. The number of hydrogen-bond acceptors (Lipinski definition) is 1. The van der Waals surface area contributed by atoms with E-state index in [1.165, 1.54) is 0 Å². The van der Waals surface area contributed by atoms with Crippen molar-refractivity contribution in [1.82, 2.24) is 0 Å². The second-order valence-corrected chi connectivity index (χ2v) is 5.35. The minimum Gasteiger partial charge on any atom is -0.481 e. The fourth-order valence-electron chi connectivity index (χ4n) is 1.85. The molecule has 2 nitrogen and oxygen atoms in total. The van der Waals surface area contributed by atoms with Gasteiger partial charge in [0.1, 0.15) is 0 Å². The van der Waals surface area contributed by atoms with Crippen molar-refractivity contribution in [3.8, 4) is 0 Å². The minimum absolute atomic E-state index is 0. The normalized spacial score (nSPS) is 12.5. The van der Waals surface area contributed by atoms with Gasteiger partial charge in [0.2, 0.25) is 0 Å². The highest BCUT2D eigenvalue weighted by atomic mass is 16.4. The Balaban J connectivity index is 0. The lowest BCUT2D eigenvalue weighted by atomic mass is 10.2. The van der Waals surface area contributed by atoms with Gasteiger partial charge in [-0.05, 0) is 44.9 Å². The monoisotopic (exact) mass is 344 g/mol. The van der Waals surface area contributed by atoms with Crippen molar-refractivity contribution in [3.05, 3.63) is 72.9 Å². The van der Waals surface area contributed by atoms with Crippen molar-refractivity contribution < 1.29 is 9.90 Å². The Kier molecular flexibility index (Phi) is 22.0. The molecule has 0 aromatic carbocycles. The average Bonchev–Trinajstić information content (AvgIpc) is 2.56. The van der Waals surface area contributed by atoms with Crippen LogP contribution in [0.1, 0.15) is 65.7 Å². The van der Waals surface area contributed by atoms with Gasteiger partial charge in [0.15, 0.2) is 0 Å². The molecule has 0 atom stereocenters. The molecule has 0 aromatic heterocycles. The second-order valence-electron chi connectivity index (χ2n) is 5.35. The molecule has 0 saturated carbocycles. The second kappa shape index (κ2) is 21.9. The molecular formula is C23H36O2. The molecular weight excluding hydrogens is 308 g/mol. The predicted molar refractivity (Wildman–Crippen MR) is 112 cm³/mol. The van der Waals surface area contributed by atoms with Crippen LogP contribution in [0.4, 0.5) is 0 Å². The molecule has 0 aromatic rings. The molecule has 0 bridgehead atoms. The number of carboxylic acid groups (broad SMARTS) is 1. The Morgan fingerprint density at radius 2 is 0.960 bits per heavy atom. The third-order valence-corrected chi connectivity index (χ3v) is 3.12. The topological polar surface area (TPSA) is 37.3 Å². The Hall–Kier alpha value is -2.09. The number of aliphatic carboxylic acids is 1. The number of carboxylic acids is 1. The Morgan fingerprint density at radius 3 is 1.28 bits per heavy atom. The molecule has 0 rings (SSSR count). The van der Waals surface area contributed by atoms with Gasteiger partial charge in [0.25, 0.3) is 0 Å². The average molecular weight is 345 g/mol. The van der Waals surface area contributed by atoms with Crippen molar-refractivity contribution in [2.75, 3.05) is 0 Å². The van der Waals surface area contributed by atoms with Gasteiger partial charge >= 0.3 is 5.97 Å². The van der Waals surface area contributed by atoms with Crippen molar-refractivity contribution in [1.29, 1.82) is 0 Å². The van der Waals surface area contributed by atoms with E-state index in [1.807, 2.05) is 12.2 Å². The Labute approximate surface area is 155 Å². The summed E-state index contributed by atoms with van der Waals surface area (Å²) in [5.41, 5.74) is 0. The van der Waals surface area contributed by atoms with E-state index in [4.69, 9.17) is 5.11 Å². The zero-order valence-corrected chi connectivity index (χ0v) is 14.9. The van der Waals surface area contributed by atoms with Crippen LogP contribution in [0.5, 0.6) is 0 Å². The molecule has 1 N–H and O–H groups in total. The number of allylic oxidation sites excluding steroid dienone is 12. The van der Waals surface area contributed by atoms with E-state index in [0.717, 1.165) is 38.5 Å². The summed E-state index contributed by atoms with van der Waals surface area (Å²) >= 11 is 0. The maximum absolute atomic E-state index is 10.3. The van der Waals surface area contributed by atoms with Crippen LogP contribution < -0.4 is 0 Å². The van der Waals surface area contributed by atoms with Gasteiger partial charge in [-0.15, -0.1) is 0 Å². The van der Waals surface area contributed by atoms with Crippen molar-refractivity contribution in [3.63, 3.8) is 0 Å². The lowest BCUT2D eigenvalue weighted by molar-refractivity contribution is -0.136. The van der Waals surface area contributed by atoms with Gasteiger partial charge in [-0.2, -0.15) is 0 Å². The van der Waals surface area contributed by atoms with E-state index < -0.39 is 5.97 Å². The zero-order chi connectivity index (χ0) is 17.7. The highest BCUT2D eigenvalue weighted by molar-refractivity contribution is 5.66. The summed E-state index contributed by atoms with van der Waals surface area (Å²) in [5, 5.41) is 8.49. The van der Waals surface area contributed by atoms with Crippen LogP contribution >= 0.6 is 0 Å². The molecule has 0 radical (unpaired) electrons. The predicted octanol–water partition coefficient (Wildman–Crippen LogP) is 7.19. The van der Waals surface area contributed by atoms with Crippen LogP contribution in [0, 0.1) is 0 Å². The van der Waals surface area contributed by atoms with Crippen molar-refractivity contribution in [2.24, 2.45) is 0 Å². The molecule has 0 aliphatic heterocycles. The lowest BCUT2D eigenvalue weighted by Gasteiger charge is -1.87. The molecule has 0 fully saturated rings. The number of carbonyl (C=O) groups is 1. The van der Waals surface area contributed by atoms with E-state index >= 15 is 0 Å². The maximum atomic E-state index is 10.3. The van der Waals surface area contributed by atoms with E-state index in [2.05, 4.69) is 67.7 Å². The Bertz CT molecular complexity index is 462. The molecule has 0 aliphatic rings. The first kappa shape index (κ1) is 25.2. The molecule has 25 heavy (non-hydrogen) atoms. The molecule has 0 amide bonds. The Morgan fingerprint density at radius 1 is 0.640 bits per heavy atom. The first-order valence-corrected chi connectivity index (χ1v) is 8.89. The van der Waals surface area contributed by atoms with Crippen LogP contribution in [-0.4, -0.2) is 11.1 Å². The quantitative estimate of drug-likeness (QED) is 0.339. The third-order valence-electron chi connectivity index (χ3n) is 3.12. The smallest absolute Gasteiger partial charge is 0.303 e. The van der Waals surface area contributed by atoms with Crippen LogP contribution in [0.25, 0.3) is 0 Å². The fraction of sp³-hybridized carbons (Fsp3) is 0.435. The van der Waals surface area contributed by atoms with E-state index in [1.54, 1.807) is 0 Å². The third kappa shape index (κ3) is 24.3. The molecule has 140 valence electrons. The zero-order valence-electron chi connectivity index (χ0n) is 14.9. The fourth-order valence-corrected chi connectivity index (χ4v) is 1.85. The number of rotatable bonds is 14. The van der Waals surface area contributed by atoms with E-state index in [-0.39, 0.29) is 13.8 Å². The highest BCUT2D eigenvalue weighted by Gasteiger charge is 1.90. The maximum Gasteiger partial charge on any atom is 0.303 e. The molecule has 0 unspecified atom stereocenters. The van der Waals surface area contributed by atoms with Crippen LogP contribution in [0.3, 0.4) is 0 Å². The summed E-state index contributed by atoms with van der Waals surface area (Å²) in [6.07, 6.45) is 32.5. The van der Waals surface area contributed by atoms with Gasteiger partial charge in [-0.3, -0.25) is 4.79 Å². The summed E-state index contributed by atoms with van der Waals surface area (Å²) in [5.74, 6) is -0.741. The minimum atomic E-state index is -0.741. The van der Waals surface area contributed by atoms with Crippen LogP contribution in [0.15, 0.2) is 72.9 Å². The molecule has 0 saturated heterocycles. The first-order chi connectivity index (χ1) is 11.8. The van der Waals surface area contributed by atoms with Gasteiger partial charge in [0.05, 0.1) is 0 Å². The number of hydrogen-bond donors (Lipinski definition) is 1. The summed E-state index contributed by atoms with van der Waals surface area (Å²) in [7, 11) is 0. The van der Waals surface area contributed by atoms with Gasteiger partial charge in [0, 0.05) is 6.42 Å². The SMILES string of the molecule is C.CC/C=C\C/C=C\C/C=C\C/C=C\C/C=C\C/C=C\CCC(=O)O. The van der Waals surface area contributed by atoms with Gasteiger partial charge in [-0.1, -0.05) is 87.3 Å². The summed E-state index contributed by atoms with van der Waals surface area (Å²) in [6, 6.07) is 0. The van der Waals surface area contributed by atoms with E-state index in [9.17, 15) is 4.79 Å². The van der Waals surface area contributed by atoms with Crippen LogP contribution in [0.2, 0.25) is 0 Å². The molecule has 0 spiro atoms. The van der Waals surface area contributed by atoms with E-state index in [0.29, 0.717) is 6.42 Å². The van der Waals surface area contributed by atoms with Crippen molar-refractivity contribution >= 4 is 5.97 Å². The van der Waals surface area contributed by atoms with Crippen molar-refractivity contribution in [2.45, 2.75) is 65.7 Å². The summed E-state index contributed by atoms with van der Waals surface area (Å²) < 4.78 is 0. The molecule has 0 heterocycles. The summed E-state index contributed by atoms with van der Waals surface area (Å²) in [6.45, 7) is 2.15. The summed E-state index contributed by atoms with van der Waals surface area (Å²) in [4.78, 5) is 10.3. The largest absolute Gasteiger partial charge is 0.481 e. The highest BCUT2D eigenvalue weighted by Crippen LogP contribution is 1.97. The van der Waals surface area contributed by atoms with Gasteiger partial charge in [-0.25, -0.2) is 0 Å².